The first-order chi connectivity index (χ1) is 8.75. The summed E-state index contributed by atoms with van der Waals surface area (Å²) >= 11 is 0. The zero-order valence-corrected chi connectivity index (χ0v) is 10.2. The highest BCUT2D eigenvalue weighted by atomic mass is 16.5. The van der Waals surface area contributed by atoms with Gasteiger partial charge >= 0.3 is 0 Å². The van der Waals surface area contributed by atoms with Crippen LogP contribution in [-0.4, -0.2) is 19.1 Å². The van der Waals surface area contributed by atoms with E-state index < -0.39 is 0 Å². The van der Waals surface area contributed by atoms with Gasteiger partial charge in [-0.15, -0.1) is 0 Å². The number of nitrogens with one attached hydrogen (secondary N) is 1. The van der Waals surface area contributed by atoms with E-state index >= 15 is 0 Å². The predicted octanol–water partition coefficient (Wildman–Crippen LogP) is 2.40. The Morgan fingerprint density at radius 3 is 2.94 bits per heavy atom. The first-order valence-electron chi connectivity index (χ1n) is 5.77. The van der Waals surface area contributed by atoms with Gasteiger partial charge in [-0.2, -0.15) is 0 Å². The Kier molecular flexibility index (Phi) is 4.02. The molecule has 0 aliphatic carbocycles. The van der Waals surface area contributed by atoms with Crippen molar-refractivity contribution in [3.8, 4) is 5.75 Å². The highest BCUT2D eigenvalue weighted by Crippen LogP contribution is 2.11. The molecule has 1 N–H and O–H groups in total. The molecule has 1 heterocycles. The third-order valence-corrected chi connectivity index (χ3v) is 2.39. The van der Waals surface area contributed by atoms with Crippen LogP contribution in [0.5, 0.6) is 5.75 Å². The number of hydrogen-bond donors (Lipinski definition) is 1. The largest absolute Gasteiger partial charge is 0.492 e. The molecule has 1 aromatic heterocycles. The van der Waals surface area contributed by atoms with Gasteiger partial charge in [0.1, 0.15) is 12.4 Å². The molecule has 4 heteroatoms. The summed E-state index contributed by atoms with van der Waals surface area (Å²) in [5.41, 5.74) is 1.15. The number of furan rings is 1. The van der Waals surface area contributed by atoms with Crippen molar-refractivity contribution in [2.24, 2.45) is 0 Å². The third kappa shape index (κ3) is 3.38. The van der Waals surface area contributed by atoms with E-state index in [0.29, 0.717) is 18.9 Å². The van der Waals surface area contributed by atoms with Gasteiger partial charge in [0.05, 0.1) is 12.8 Å². The second-order valence-electron chi connectivity index (χ2n) is 3.90. The Labute approximate surface area is 106 Å². The summed E-state index contributed by atoms with van der Waals surface area (Å²) in [6, 6.07) is 11.1. The zero-order valence-electron chi connectivity index (χ0n) is 10.2. The summed E-state index contributed by atoms with van der Waals surface area (Å²) in [5.74, 6) is 0.889. The molecular formula is C14H15NO3. The Bertz CT molecular complexity index is 506. The lowest BCUT2D eigenvalue weighted by atomic mass is 10.2. The quantitative estimate of drug-likeness (QED) is 0.823. The van der Waals surface area contributed by atoms with E-state index in [0.717, 1.165) is 11.3 Å². The maximum Gasteiger partial charge on any atom is 0.287 e. The number of carbonyl (C=O) groups excluding carboxylic acids is 1. The summed E-state index contributed by atoms with van der Waals surface area (Å²) in [5, 5.41) is 2.71. The number of rotatable bonds is 5. The lowest BCUT2D eigenvalue weighted by molar-refractivity contribution is 0.0919. The third-order valence-electron chi connectivity index (χ3n) is 2.39. The SMILES string of the molecule is Cc1cccc(OCCNC(=O)c2ccco2)c1. The van der Waals surface area contributed by atoms with Gasteiger partial charge in [-0.1, -0.05) is 12.1 Å². The molecule has 94 valence electrons. The number of ether oxygens (including phenoxy) is 1. The van der Waals surface area contributed by atoms with Crippen LogP contribution >= 0.6 is 0 Å². The van der Waals surface area contributed by atoms with Gasteiger partial charge in [-0.25, -0.2) is 0 Å². The molecule has 18 heavy (non-hydrogen) atoms. The molecule has 0 fully saturated rings. The van der Waals surface area contributed by atoms with Gasteiger partial charge in [-0.3, -0.25) is 4.79 Å². The minimum Gasteiger partial charge on any atom is -0.492 e. The van der Waals surface area contributed by atoms with Crippen LogP contribution in [0.4, 0.5) is 0 Å². The standard InChI is InChI=1S/C14H15NO3/c1-11-4-2-5-12(10-11)17-9-7-15-14(16)13-6-3-8-18-13/h2-6,8,10H,7,9H2,1H3,(H,15,16). The van der Waals surface area contributed by atoms with Gasteiger partial charge in [0.25, 0.3) is 5.91 Å². The molecule has 0 bridgehead atoms. The predicted molar refractivity (Wildman–Crippen MR) is 67.7 cm³/mol. The van der Waals surface area contributed by atoms with Crippen molar-refractivity contribution < 1.29 is 13.9 Å². The molecule has 0 spiro atoms. The summed E-state index contributed by atoms with van der Waals surface area (Å²) in [7, 11) is 0. The van der Waals surface area contributed by atoms with Gasteiger partial charge in [0.15, 0.2) is 5.76 Å². The number of aryl methyl sites for hydroxylation is 1. The number of amides is 1. The molecule has 0 atom stereocenters. The van der Waals surface area contributed by atoms with Crippen LogP contribution in [0.2, 0.25) is 0 Å². The van der Waals surface area contributed by atoms with Crippen molar-refractivity contribution in [2.45, 2.75) is 6.92 Å². The molecule has 0 radical (unpaired) electrons. The Hall–Kier alpha value is -2.23. The monoisotopic (exact) mass is 245 g/mol. The molecule has 0 saturated heterocycles. The summed E-state index contributed by atoms with van der Waals surface area (Å²) in [4.78, 5) is 11.5. The summed E-state index contributed by atoms with van der Waals surface area (Å²) in [6.07, 6.45) is 1.47. The second kappa shape index (κ2) is 5.91. The molecular weight excluding hydrogens is 230 g/mol. The molecule has 4 nitrogen and oxygen atoms in total. The second-order valence-corrected chi connectivity index (χ2v) is 3.90. The Balaban J connectivity index is 1.72. The zero-order chi connectivity index (χ0) is 12.8. The highest BCUT2D eigenvalue weighted by molar-refractivity contribution is 5.91. The van der Waals surface area contributed by atoms with Crippen molar-refractivity contribution in [1.82, 2.24) is 5.32 Å². The molecule has 1 aromatic carbocycles. The lowest BCUT2D eigenvalue weighted by Gasteiger charge is -2.07. The van der Waals surface area contributed by atoms with Crippen LogP contribution in [-0.2, 0) is 0 Å². The maximum absolute atomic E-state index is 11.5. The molecule has 0 aliphatic heterocycles. The van der Waals surface area contributed by atoms with Gasteiger partial charge in [0.2, 0.25) is 0 Å². The van der Waals surface area contributed by atoms with E-state index in [4.69, 9.17) is 9.15 Å². The average molecular weight is 245 g/mol. The summed E-state index contributed by atoms with van der Waals surface area (Å²) < 4.78 is 10.5. The number of carbonyl (C=O) groups is 1. The average Bonchev–Trinajstić information content (AvgIpc) is 2.88. The van der Waals surface area contributed by atoms with Crippen LogP contribution in [0, 0.1) is 6.92 Å². The van der Waals surface area contributed by atoms with Gasteiger partial charge in [-0.05, 0) is 36.8 Å². The van der Waals surface area contributed by atoms with Crippen molar-refractivity contribution >= 4 is 5.91 Å². The fraction of sp³-hybridized carbons (Fsp3) is 0.214. The van der Waals surface area contributed by atoms with E-state index in [1.807, 2.05) is 31.2 Å². The fourth-order valence-electron chi connectivity index (χ4n) is 1.53. The van der Waals surface area contributed by atoms with E-state index in [9.17, 15) is 4.79 Å². The molecule has 0 saturated carbocycles. The van der Waals surface area contributed by atoms with E-state index in [-0.39, 0.29) is 5.91 Å². The molecule has 2 aromatic rings. The van der Waals surface area contributed by atoms with Gasteiger partial charge in [0, 0.05) is 0 Å². The van der Waals surface area contributed by atoms with E-state index in [2.05, 4.69) is 5.32 Å². The van der Waals surface area contributed by atoms with Gasteiger partial charge < -0.3 is 14.5 Å². The first kappa shape index (κ1) is 12.2. The normalized spacial score (nSPS) is 10.1. The highest BCUT2D eigenvalue weighted by Gasteiger charge is 2.06. The molecule has 0 unspecified atom stereocenters. The number of hydrogen-bond acceptors (Lipinski definition) is 3. The smallest absolute Gasteiger partial charge is 0.287 e. The van der Waals surface area contributed by atoms with E-state index in [1.165, 1.54) is 6.26 Å². The van der Waals surface area contributed by atoms with Crippen molar-refractivity contribution in [3.63, 3.8) is 0 Å². The maximum atomic E-state index is 11.5. The van der Waals surface area contributed by atoms with Crippen LogP contribution in [0.1, 0.15) is 16.1 Å². The van der Waals surface area contributed by atoms with Crippen LogP contribution in [0.25, 0.3) is 0 Å². The van der Waals surface area contributed by atoms with Crippen LogP contribution < -0.4 is 10.1 Å². The first-order valence-corrected chi connectivity index (χ1v) is 5.77. The lowest BCUT2D eigenvalue weighted by Crippen LogP contribution is -2.27. The van der Waals surface area contributed by atoms with Crippen molar-refractivity contribution in [3.05, 3.63) is 54.0 Å². The Morgan fingerprint density at radius 2 is 2.22 bits per heavy atom. The molecule has 1 amide bonds. The molecule has 0 aliphatic rings. The Morgan fingerprint density at radius 1 is 1.33 bits per heavy atom. The molecule has 2 rings (SSSR count). The van der Waals surface area contributed by atoms with E-state index in [1.54, 1.807) is 12.1 Å². The van der Waals surface area contributed by atoms with Crippen molar-refractivity contribution in [1.29, 1.82) is 0 Å². The minimum atomic E-state index is -0.229. The fourth-order valence-corrected chi connectivity index (χ4v) is 1.53. The van der Waals surface area contributed by atoms with Crippen LogP contribution in [0.15, 0.2) is 47.1 Å². The van der Waals surface area contributed by atoms with Crippen molar-refractivity contribution in [2.75, 3.05) is 13.2 Å². The topological polar surface area (TPSA) is 51.5 Å². The number of benzene rings is 1. The van der Waals surface area contributed by atoms with Crippen LogP contribution in [0.3, 0.4) is 0 Å². The minimum absolute atomic E-state index is 0.229. The summed E-state index contributed by atoms with van der Waals surface area (Å²) in [6.45, 7) is 2.87.